The lowest BCUT2D eigenvalue weighted by molar-refractivity contribution is 0.0449. The molecular weight excluding hydrogens is 232 g/mol. The van der Waals surface area contributed by atoms with Crippen LogP contribution in [0.15, 0.2) is 30.3 Å². The van der Waals surface area contributed by atoms with Crippen molar-refractivity contribution in [2.75, 3.05) is 13.1 Å². The van der Waals surface area contributed by atoms with Crippen LogP contribution in [-0.2, 0) is 6.54 Å². The summed E-state index contributed by atoms with van der Waals surface area (Å²) < 4.78 is 0. The number of benzene rings is 1. The van der Waals surface area contributed by atoms with Crippen molar-refractivity contribution in [1.29, 1.82) is 0 Å². The Bertz CT molecular complexity index is 386. The summed E-state index contributed by atoms with van der Waals surface area (Å²) in [6.45, 7) is 12.6. The lowest BCUT2D eigenvalue weighted by Crippen LogP contribution is -2.62. The third-order valence-corrected chi connectivity index (χ3v) is 4.62. The largest absolute Gasteiger partial charge is 0.311 e. The van der Waals surface area contributed by atoms with Gasteiger partial charge in [0.1, 0.15) is 0 Å². The van der Waals surface area contributed by atoms with Crippen molar-refractivity contribution < 1.29 is 0 Å². The van der Waals surface area contributed by atoms with Crippen molar-refractivity contribution in [3.8, 4) is 0 Å². The van der Waals surface area contributed by atoms with Gasteiger partial charge >= 0.3 is 0 Å². The Balaban J connectivity index is 2.06. The summed E-state index contributed by atoms with van der Waals surface area (Å²) >= 11 is 0. The molecular formula is C17H28N2. The lowest BCUT2D eigenvalue weighted by atomic mass is 9.90. The summed E-state index contributed by atoms with van der Waals surface area (Å²) in [5, 5.41) is 3.73. The number of rotatable bonds is 4. The molecule has 0 aliphatic carbocycles. The Labute approximate surface area is 118 Å². The van der Waals surface area contributed by atoms with Gasteiger partial charge in [-0.1, -0.05) is 50.6 Å². The first-order valence-electron chi connectivity index (χ1n) is 7.55. The van der Waals surface area contributed by atoms with Crippen LogP contribution in [0.1, 0.15) is 39.7 Å². The van der Waals surface area contributed by atoms with Crippen LogP contribution in [0, 0.1) is 5.92 Å². The Kier molecular flexibility index (Phi) is 4.64. The van der Waals surface area contributed by atoms with Gasteiger partial charge < -0.3 is 5.32 Å². The lowest BCUT2D eigenvalue weighted by Gasteiger charge is -2.47. The van der Waals surface area contributed by atoms with Crippen LogP contribution < -0.4 is 5.32 Å². The second kappa shape index (κ2) is 6.06. The first-order valence-corrected chi connectivity index (χ1v) is 7.55. The topological polar surface area (TPSA) is 15.3 Å². The van der Waals surface area contributed by atoms with E-state index in [4.69, 9.17) is 0 Å². The van der Waals surface area contributed by atoms with E-state index in [1.165, 1.54) is 12.0 Å². The Morgan fingerprint density at radius 1 is 1.32 bits per heavy atom. The predicted octanol–water partition coefficient (Wildman–Crippen LogP) is 3.29. The number of hydrogen-bond acceptors (Lipinski definition) is 2. The molecule has 1 aromatic carbocycles. The molecule has 1 heterocycles. The normalized spacial score (nSPS) is 25.2. The van der Waals surface area contributed by atoms with Crippen LogP contribution in [-0.4, -0.2) is 29.6 Å². The third kappa shape index (κ3) is 3.58. The minimum Gasteiger partial charge on any atom is -0.311 e. The number of piperazine rings is 1. The van der Waals surface area contributed by atoms with Crippen molar-refractivity contribution in [3.63, 3.8) is 0 Å². The number of nitrogens with zero attached hydrogens (tertiary/aromatic N) is 1. The molecule has 1 fully saturated rings. The van der Waals surface area contributed by atoms with Gasteiger partial charge in [0, 0.05) is 31.2 Å². The quantitative estimate of drug-likeness (QED) is 0.893. The highest BCUT2D eigenvalue weighted by molar-refractivity contribution is 5.15. The maximum Gasteiger partial charge on any atom is 0.0281 e. The Hall–Kier alpha value is -0.860. The molecule has 0 spiro atoms. The molecule has 0 bridgehead atoms. The molecule has 19 heavy (non-hydrogen) atoms. The van der Waals surface area contributed by atoms with E-state index in [0.29, 0.717) is 6.04 Å². The average molecular weight is 260 g/mol. The maximum absolute atomic E-state index is 3.73. The standard InChI is InChI=1S/C17H28N2/c1-5-14(2)16-12-19(17(3,4)13-18-16)11-15-9-7-6-8-10-15/h6-10,14,16,18H,5,11-13H2,1-4H3. The van der Waals surface area contributed by atoms with E-state index < -0.39 is 0 Å². The second-order valence-electron chi connectivity index (χ2n) is 6.55. The van der Waals surface area contributed by atoms with E-state index in [1.54, 1.807) is 0 Å². The minimum absolute atomic E-state index is 0.236. The van der Waals surface area contributed by atoms with Crippen LogP contribution in [0.25, 0.3) is 0 Å². The summed E-state index contributed by atoms with van der Waals surface area (Å²) in [7, 11) is 0. The molecule has 2 heteroatoms. The summed E-state index contributed by atoms with van der Waals surface area (Å²) in [4.78, 5) is 2.63. The summed E-state index contributed by atoms with van der Waals surface area (Å²) in [5.41, 5.74) is 1.65. The number of hydrogen-bond donors (Lipinski definition) is 1. The van der Waals surface area contributed by atoms with Gasteiger partial charge in [-0.15, -0.1) is 0 Å². The molecule has 106 valence electrons. The van der Waals surface area contributed by atoms with E-state index in [-0.39, 0.29) is 5.54 Å². The molecule has 0 aromatic heterocycles. The zero-order valence-corrected chi connectivity index (χ0v) is 12.8. The maximum atomic E-state index is 3.73. The van der Waals surface area contributed by atoms with Crippen molar-refractivity contribution >= 4 is 0 Å². The van der Waals surface area contributed by atoms with E-state index in [0.717, 1.165) is 25.6 Å². The van der Waals surface area contributed by atoms with Crippen molar-refractivity contribution in [2.45, 2.75) is 52.2 Å². The fourth-order valence-electron chi connectivity index (χ4n) is 2.79. The molecule has 2 unspecified atom stereocenters. The van der Waals surface area contributed by atoms with Gasteiger partial charge in [-0.25, -0.2) is 0 Å². The fraction of sp³-hybridized carbons (Fsp3) is 0.647. The molecule has 2 rings (SSSR count). The monoisotopic (exact) mass is 260 g/mol. The molecule has 0 saturated carbocycles. The van der Waals surface area contributed by atoms with Gasteiger partial charge in [-0.3, -0.25) is 4.90 Å². The van der Waals surface area contributed by atoms with Gasteiger partial charge in [0.25, 0.3) is 0 Å². The van der Waals surface area contributed by atoms with E-state index >= 15 is 0 Å². The summed E-state index contributed by atoms with van der Waals surface area (Å²) in [5.74, 6) is 0.745. The highest BCUT2D eigenvalue weighted by atomic mass is 15.3. The van der Waals surface area contributed by atoms with Crippen LogP contribution in [0.3, 0.4) is 0 Å². The minimum atomic E-state index is 0.236. The van der Waals surface area contributed by atoms with E-state index in [2.05, 4.69) is 68.2 Å². The average Bonchev–Trinajstić information content (AvgIpc) is 2.41. The molecule has 0 amide bonds. The molecule has 1 aromatic rings. The van der Waals surface area contributed by atoms with Gasteiger partial charge in [0.2, 0.25) is 0 Å². The van der Waals surface area contributed by atoms with Gasteiger partial charge in [-0.05, 0) is 25.3 Å². The molecule has 0 radical (unpaired) electrons. The number of nitrogens with one attached hydrogen (secondary N) is 1. The van der Waals surface area contributed by atoms with Crippen molar-refractivity contribution in [2.24, 2.45) is 5.92 Å². The van der Waals surface area contributed by atoms with Crippen LogP contribution >= 0.6 is 0 Å². The van der Waals surface area contributed by atoms with Crippen molar-refractivity contribution in [3.05, 3.63) is 35.9 Å². The Morgan fingerprint density at radius 2 is 2.00 bits per heavy atom. The highest BCUT2D eigenvalue weighted by Gasteiger charge is 2.35. The molecule has 1 aliphatic heterocycles. The second-order valence-corrected chi connectivity index (χ2v) is 6.55. The molecule has 1 saturated heterocycles. The fourth-order valence-corrected chi connectivity index (χ4v) is 2.79. The molecule has 1 N–H and O–H groups in total. The van der Waals surface area contributed by atoms with Crippen LogP contribution in [0.5, 0.6) is 0 Å². The zero-order chi connectivity index (χ0) is 13.9. The van der Waals surface area contributed by atoms with Gasteiger partial charge in [0.15, 0.2) is 0 Å². The van der Waals surface area contributed by atoms with E-state index in [1.807, 2.05) is 0 Å². The molecule has 2 nitrogen and oxygen atoms in total. The van der Waals surface area contributed by atoms with Gasteiger partial charge in [0.05, 0.1) is 0 Å². The smallest absolute Gasteiger partial charge is 0.0281 e. The van der Waals surface area contributed by atoms with Crippen LogP contribution in [0.4, 0.5) is 0 Å². The van der Waals surface area contributed by atoms with Crippen molar-refractivity contribution in [1.82, 2.24) is 10.2 Å². The first-order chi connectivity index (χ1) is 9.03. The summed E-state index contributed by atoms with van der Waals surface area (Å²) in [6.07, 6.45) is 1.25. The zero-order valence-electron chi connectivity index (χ0n) is 12.8. The SMILES string of the molecule is CCC(C)C1CN(Cc2ccccc2)C(C)(C)CN1. The summed E-state index contributed by atoms with van der Waals surface area (Å²) in [6, 6.07) is 11.5. The van der Waals surface area contributed by atoms with Crippen LogP contribution in [0.2, 0.25) is 0 Å². The highest BCUT2D eigenvalue weighted by Crippen LogP contribution is 2.24. The predicted molar refractivity (Wildman–Crippen MR) is 82.2 cm³/mol. The van der Waals surface area contributed by atoms with E-state index in [9.17, 15) is 0 Å². The third-order valence-electron chi connectivity index (χ3n) is 4.62. The molecule has 2 atom stereocenters. The first kappa shape index (κ1) is 14.5. The molecule has 1 aliphatic rings. The van der Waals surface area contributed by atoms with Gasteiger partial charge in [-0.2, -0.15) is 0 Å². The Morgan fingerprint density at radius 3 is 2.63 bits per heavy atom.